The second-order valence-electron chi connectivity index (χ2n) is 8.73. The summed E-state index contributed by atoms with van der Waals surface area (Å²) in [6, 6.07) is 0. The lowest BCUT2D eigenvalue weighted by Gasteiger charge is -2.28. The van der Waals surface area contributed by atoms with Crippen LogP contribution < -0.4 is 0 Å². The number of alkyl halides is 4. The van der Waals surface area contributed by atoms with E-state index in [0.29, 0.717) is 12.8 Å². The van der Waals surface area contributed by atoms with Crippen LogP contribution in [0.4, 0.5) is 17.6 Å². The second kappa shape index (κ2) is 17.2. The van der Waals surface area contributed by atoms with Gasteiger partial charge < -0.3 is 9.47 Å². The van der Waals surface area contributed by atoms with E-state index in [1.54, 1.807) is 0 Å². The Morgan fingerprint density at radius 2 is 0.933 bits per heavy atom. The van der Waals surface area contributed by atoms with Gasteiger partial charge in [0.2, 0.25) is 0 Å². The number of methoxy groups -OCH3 is 2. The van der Waals surface area contributed by atoms with E-state index in [9.17, 15) is 17.6 Å². The zero-order valence-corrected chi connectivity index (χ0v) is 19.8. The third kappa shape index (κ3) is 13.1. The van der Waals surface area contributed by atoms with E-state index >= 15 is 0 Å². The summed E-state index contributed by atoms with van der Waals surface area (Å²) >= 11 is 0. The smallest absolute Gasteiger partial charge is 0.253 e. The highest BCUT2D eigenvalue weighted by molar-refractivity contribution is 4.80. The van der Waals surface area contributed by atoms with Crippen LogP contribution in [0.15, 0.2) is 0 Å². The standard InChI is InChI=1S/C24H46F4O2/c1-5-7-9-11-15-21(19-29-3)23(25,26)17-13-14-18-24(27,28)22(20-30-4)16-12-10-8-6-2/h21-22H,5-20H2,1-4H3/t21-,22-/m0/s1. The van der Waals surface area contributed by atoms with E-state index in [4.69, 9.17) is 9.47 Å². The number of hydrogen-bond acceptors (Lipinski definition) is 2. The van der Waals surface area contributed by atoms with Gasteiger partial charge >= 0.3 is 0 Å². The fraction of sp³-hybridized carbons (Fsp3) is 1.00. The fourth-order valence-electron chi connectivity index (χ4n) is 4.00. The number of hydrogen-bond donors (Lipinski definition) is 0. The molecule has 30 heavy (non-hydrogen) atoms. The van der Waals surface area contributed by atoms with Crippen molar-refractivity contribution in [2.45, 2.75) is 116 Å². The van der Waals surface area contributed by atoms with Crippen LogP contribution in [0.25, 0.3) is 0 Å². The van der Waals surface area contributed by atoms with Crippen LogP contribution in [0.5, 0.6) is 0 Å². The van der Waals surface area contributed by atoms with Crippen molar-refractivity contribution >= 4 is 0 Å². The highest BCUT2D eigenvalue weighted by atomic mass is 19.3. The zero-order chi connectivity index (χ0) is 22.9. The van der Waals surface area contributed by atoms with Crippen molar-refractivity contribution in [3.63, 3.8) is 0 Å². The van der Waals surface area contributed by atoms with E-state index in [-0.39, 0.29) is 38.9 Å². The van der Waals surface area contributed by atoms with Crippen LogP contribution in [0.1, 0.15) is 104 Å². The Kier molecular flexibility index (Phi) is 17.0. The molecule has 0 saturated carbocycles. The molecule has 6 heteroatoms. The molecule has 2 atom stereocenters. The molecule has 0 spiro atoms. The highest BCUT2D eigenvalue weighted by Gasteiger charge is 2.40. The third-order valence-corrected chi connectivity index (χ3v) is 6.01. The predicted octanol–water partition coefficient (Wildman–Crippen LogP) is 8.28. The largest absolute Gasteiger partial charge is 0.384 e. The van der Waals surface area contributed by atoms with Gasteiger partial charge in [-0.1, -0.05) is 65.2 Å². The van der Waals surface area contributed by atoms with Gasteiger partial charge in [0.1, 0.15) is 0 Å². The van der Waals surface area contributed by atoms with Gasteiger partial charge in [0.15, 0.2) is 0 Å². The van der Waals surface area contributed by atoms with Crippen molar-refractivity contribution in [1.29, 1.82) is 0 Å². The van der Waals surface area contributed by atoms with Crippen molar-refractivity contribution in [2.24, 2.45) is 11.8 Å². The van der Waals surface area contributed by atoms with Gasteiger partial charge in [-0.2, -0.15) is 0 Å². The fourth-order valence-corrected chi connectivity index (χ4v) is 4.00. The maximum atomic E-state index is 14.6. The van der Waals surface area contributed by atoms with Crippen LogP contribution in [-0.2, 0) is 9.47 Å². The minimum Gasteiger partial charge on any atom is -0.384 e. The first-order chi connectivity index (χ1) is 14.2. The van der Waals surface area contributed by atoms with Gasteiger partial charge in [-0.25, -0.2) is 17.6 Å². The Morgan fingerprint density at radius 1 is 0.567 bits per heavy atom. The zero-order valence-electron chi connectivity index (χ0n) is 19.8. The lowest BCUT2D eigenvalue weighted by atomic mass is 9.89. The molecule has 0 fully saturated rings. The molecule has 0 aromatic rings. The first-order valence-electron chi connectivity index (χ1n) is 12.0. The van der Waals surface area contributed by atoms with E-state index in [2.05, 4.69) is 13.8 Å². The maximum absolute atomic E-state index is 14.6. The van der Waals surface area contributed by atoms with Crippen molar-refractivity contribution in [1.82, 2.24) is 0 Å². The first kappa shape index (κ1) is 29.6. The molecule has 0 aliphatic rings. The molecule has 0 bridgehead atoms. The molecule has 0 aliphatic carbocycles. The molecule has 0 saturated heterocycles. The van der Waals surface area contributed by atoms with Gasteiger partial charge in [-0.3, -0.25) is 0 Å². The average molecular weight is 443 g/mol. The van der Waals surface area contributed by atoms with E-state index in [1.165, 1.54) is 14.2 Å². The van der Waals surface area contributed by atoms with Crippen molar-refractivity contribution < 1.29 is 27.0 Å². The normalized spacial score (nSPS) is 14.8. The lowest BCUT2D eigenvalue weighted by molar-refractivity contribution is -0.103. The Bertz CT molecular complexity index is 355. The molecular formula is C24H46F4O2. The molecule has 0 radical (unpaired) electrons. The van der Waals surface area contributed by atoms with Gasteiger partial charge in [0.05, 0.1) is 13.2 Å². The number of halogens is 4. The summed E-state index contributed by atoms with van der Waals surface area (Å²) in [6.07, 6.45) is 7.95. The van der Waals surface area contributed by atoms with Crippen molar-refractivity contribution in [3.8, 4) is 0 Å². The molecule has 0 aliphatic heterocycles. The van der Waals surface area contributed by atoms with Crippen LogP contribution in [-0.4, -0.2) is 39.3 Å². The molecule has 0 unspecified atom stereocenters. The number of rotatable bonds is 21. The van der Waals surface area contributed by atoms with Crippen molar-refractivity contribution in [2.75, 3.05) is 27.4 Å². The topological polar surface area (TPSA) is 18.5 Å². The molecule has 182 valence electrons. The van der Waals surface area contributed by atoms with E-state index in [0.717, 1.165) is 51.4 Å². The van der Waals surface area contributed by atoms with E-state index in [1.807, 2.05) is 0 Å². The third-order valence-electron chi connectivity index (χ3n) is 6.01. The molecule has 0 aromatic carbocycles. The van der Waals surface area contributed by atoms with Crippen LogP contribution >= 0.6 is 0 Å². The van der Waals surface area contributed by atoms with Crippen LogP contribution in [0, 0.1) is 11.8 Å². The summed E-state index contributed by atoms with van der Waals surface area (Å²) in [5, 5.41) is 0. The number of ether oxygens (including phenoxy) is 2. The SMILES string of the molecule is CCCCCC[C@@H](COC)C(F)(F)CCCCC(F)(F)[C@@H](CCCCCC)COC. The second-order valence-corrected chi connectivity index (χ2v) is 8.73. The quantitative estimate of drug-likeness (QED) is 0.131. The average Bonchev–Trinajstić information content (AvgIpc) is 2.70. The Labute approximate surface area is 182 Å². The Hall–Kier alpha value is -0.360. The first-order valence-corrected chi connectivity index (χ1v) is 12.0. The summed E-state index contributed by atoms with van der Waals surface area (Å²) in [6.45, 7) is 4.20. The molecular weight excluding hydrogens is 396 g/mol. The molecule has 0 aromatic heterocycles. The summed E-state index contributed by atoms with van der Waals surface area (Å²) in [5.41, 5.74) is 0. The maximum Gasteiger partial charge on any atom is 0.253 e. The molecule has 0 amide bonds. The molecule has 0 rings (SSSR count). The van der Waals surface area contributed by atoms with Crippen molar-refractivity contribution in [3.05, 3.63) is 0 Å². The summed E-state index contributed by atoms with van der Waals surface area (Å²) in [7, 11) is 2.87. The monoisotopic (exact) mass is 442 g/mol. The molecule has 0 N–H and O–H groups in total. The highest BCUT2D eigenvalue weighted by Crippen LogP contribution is 2.37. The molecule has 0 heterocycles. The minimum atomic E-state index is -2.87. The van der Waals surface area contributed by atoms with Gasteiger partial charge in [0.25, 0.3) is 11.8 Å². The summed E-state index contributed by atoms with van der Waals surface area (Å²) in [4.78, 5) is 0. The summed E-state index contributed by atoms with van der Waals surface area (Å²) in [5.74, 6) is -7.41. The predicted molar refractivity (Wildman–Crippen MR) is 117 cm³/mol. The van der Waals surface area contributed by atoms with Gasteiger partial charge in [-0.05, 0) is 25.7 Å². The lowest BCUT2D eigenvalue weighted by Crippen LogP contribution is -2.33. The van der Waals surface area contributed by atoms with Gasteiger partial charge in [0, 0.05) is 38.9 Å². The Balaban J connectivity index is 4.51. The number of unbranched alkanes of at least 4 members (excludes halogenated alkanes) is 7. The van der Waals surface area contributed by atoms with Gasteiger partial charge in [-0.15, -0.1) is 0 Å². The van der Waals surface area contributed by atoms with E-state index < -0.39 is 23.7 Å². The van der Waals surface area contributed by atoms with Crippen LogP contribution in [0.3, 0.4) is 0 Å². The van der Waals surface area contributed by atoms with Crippen LogP contribution in [0.2, 0.25) is 0 Å². The Morgan fingerprint density at radius 3 is 1.23 bits per heavy atom. The molecule has 2 nitrogen and oxygen atoms in total. The minimum absolute atomic E-state index is 0.0168. The summed E-state index contributed by atoms with van der Waals surface area (Å²) < 4.78 is 68.6.